The van der Waals surface area contributed by atoms with Crippen LogP contribution in [0, 0.1) is 0 Å². The molecule has 6 heteroatoms. The van der Waals surface area contributed by atoms with E-state index in [4.69, 9.17) is 14.2 Å². The third-order valence-electron chi connectivity index (χ3n) is 13.5. The Morgan fingerprint density at radius 2 is 0.539 bits per heavy atom. The molecule has 0 aromatic carbocycles. The number of rotatable bonds is 57. The molecule has 0 fully saturated rings. The highest BCUT2D eigenvalue weighted by molar-refractivity contribution is 5.71. The van der Waals surface area contributed by atoms with Crippen molar-refractivity contribution in [3.05, 3.63) is 109 Å². The Hall–Kier alpha value is -3.93. The van der Waals surface area contributed by atoms with Gasteiger partial charge in [0.05, 0.1) is 0 Å². The highest BCUT2D eigenvalue weighted by Gasteiger charge is 2.19. The van der Waals surface area contributed by atoms with Gasteiger partial charge >= 0.3 is 17.9 Å². The molecule has 0 saturated carbocycles. The zero-order chi connectivity index (χ0) is 55.0. The molecule has 76 heavy (non-hydrogen) atoms. The predicted molar refractivity (Wildman–Crippen MR) is 330 cm³/mol. The zero-order valence-corrected chi connectivity index (χ0v) is 49.7. The van der Waals surface area contributed by atoms with Crippen LogP contribution in [0.25, 0.3) is 0 Å². The van der Waals surface area contributed by atoms with Crippen LogP contribution < -0.4 is 0 Å². The molecule has 0 amide bonds. The number of carbonyl (C=O) groups excluding carboxylic acids is 3. The number of allylic oxidation sites excluding steroid dienone is 18. The second-order valence-electron chi connectivity index (χ2n) is 20.9. The molecule has 434 valence electrons. The molecular weight excluding hydrogens is 937 g/mol. The molecule has 0 aliphatic heterocycles. The first-order valence-electron chi connectivity index (χ1n) is 31.9. The number of unbranched alkanes of at least 4 members (excludes halogenated alkanes) is 28. The van der Waals surface area contributed by atoms with Crippen LogP contribution in [0.4, 0.5) is 0 Å². The van der Waals surface area contributed by atoms with Gasteiger partial charge in [0.1, 0.15) is 13.2 Å². The molecule has 0 spiro atoms. The van der Waals surface area contributed by atoms with E-state index < -0.39 is 6.10 Å². The van der Waals surface area contributed by atoms with E-state index in [-0.39, 0.29) is 37.5 Å². The summed E-state index contributed by atoms with van der Waals surface area (Å²) in [5.74, 6) is -0.978. The SMILES string of the molecule is CC/C=C\C/C=C\C/C=C\C/C=C\C/C=C\CCCCCCCCCCCCCCCCCCCC(=O)OCC(COC(=O)CCCCCCCCCCCCCC)OC(=O)CC/C=C\C/C=C\C/C=C\C/C=C\CC. The van der Waals surface area contributed by atoms with Gasteiger partial charge in [-0.05, 0) is 89.9 Å². The Bertz CT molecular complexity index is 1540. The average Bonchev–Trinajstić information content (AvgIpc) is 3.42. The number of carbonyl (C=O) groups is 3. The topological polar surface area (TPSA) is 78.9 Å². The van der Waals surface area contributed by atoms with Crippen LogP contribution in [-0.4, -0.2) is 37.2 Å². The fourth-order valence-corrected chi connectivity index (χ4v) is 8.84. The van der Waals surface area contributed by atoms with Gasteiger partial charge in [0, 0.05) is 19.3 Å². The summed E-state index contributed by atoms with van der Waals surface area (Å²) in [6, 6.07) is 0. The lowest BCUT2D eigenvalue weighted by Crippen LogP contribution is -2.30. The van der Waals surface area contributed by atoms with Crippen LogP contribution in [0.2, 0.25) is 0 Å². The molecule has 0 aliphatic carbocycles. The average molecular weight is 1060 g/mol. The lowest BCUT2D eigenvalue weighted by Gasteiger charge is -2.18. The van der Waals surface area contributed by atoms with Gasteiger partial charge in [-0.1, -0.05) is 297 Å². The standard InChI is InChI=1S/C70H118O6/c1-4-7-10-13-16-19-22-25-26-27-28-29-30-31-32-33-34-35-36-37-38-39-40-41-42-43-44-46-48-51-54-57-60-63-69(72)75-66-67(65-74-68(71)62-59-56-53-50-47-24-21-18-15-12-9-6-3)76-70(73)64-61-58-55-52-49-45-23-20-17-14-11-8-5-2/h7-8,10-11,16-17,19-20,25-26,28-29,31-32,45,49,55,58,67H,4-6,9,12-15,18,21-24,27,30,33-44,46-48,50-54,56-57,59-66H2,1-3H3/b10-7-,11-8-,19-16-,20-17-,26-25-,29-28-,32-31-,49-45-,58-55-. The molecule has 0 aromatic rings. The summed E-state index contributed by atoms with van der Waals surface area (Å²) < 4.78 is 16.8. The van der Waals surface area contributed by atoms with Crippen molar-refractivity contribution in [1.82, 2.24) is 0 Å². The Labute approximate surface area is 470 Å². The van der Waals surface area contributed by atoms with Crippen LogP contribution in [0.3, 0.4) is 0 Å². The minimum Gasteiger partial charge on any atom is -0.462 e. The van der Waals surface area contributed by atoms with Gasteiger partial charge in [0.2, 0.25) is 0 Å². The number of hydrogen-bond donors (Lipinski definition) is 0. The largest absolute Gasteiger partial charge is 0.462 e. The van der Waals surface area contributed by atoms with Crippen molar-refractivity contribution in [2.45, 2.75) is 303 Å². The summed E-state index contributed by atoms with van der Waals surface area (Å²) in [5.41, 5.74) is 0. The van der Waals surface area contributed by atoms with Crippen LogP contribution >= 0.6 is 0 Å². The maximum atomic E-state index is 12.8. The van der Waals surface area contributed by atoms with Crippen LogP contribution in [-0.2, 0) is 28.6 Å². The second kappa shape index (κ2) is 63.6. The third kappa shape index (κ3) is 60.9. The van der Waals surface area contributed by atoms with Crippen molar-refractivity contribution in [3.63, 3.8) is 0 Å². The fraction of sp³-hybridized carbons (Fsp3) is 0.700. The zero-order valence-electron chi connectivity index (χ0n) is 49.7. The van der Waals surface area contributed by atoms with Crippen molar-refractivity contribution >= 4 is 17.9 Å². The van der Waals surface area contributed by atoms with Gasteiger partial charge in [-0.25, -0.2) is 0 Å². The van der Waals surface area contributed by atoms with Crippen LogP contribution in [0.1, 0.15) is 297 Å². The van der Waals surface area contributed by atoms with Crippen molar-refractivity contribution < 1.29 is 28.6 Å². The lowest BCUT2D eigenvalue weighted by molar-refractivity contribution is -0.166. The number of ether oxygens (including phenoxy) is 3. The molecule has 6 nitrogen and oxygen atoms in total. The Morgan fingerprint density at radius 3 is 0.855 bits per heavy atom. The summed E-state index contributed by atoms with van der Waals surface area (Å²) in [6.45, 7) is 6.36. The summed E-state index contributed by atoms with van der Waals surface area (Å²) in [6.07, 6.45) is 87.0. The first-order chi connectivity index (χ1) is 37.5. The molecular formula is C70H118O6. The molecule has 0 bridgehead atoms. The van der Waals surface area contributed by atoms with E-state index in [0.717, 1.165) is 96.3 Å². The van der Waals surface area contributed by atoms with E-state index in [1.807, 2.05) is 6.08 Å². The number of hydrogen-bond acceptors (Lipinski definition) is 6. The van der Waals surface area contributed by atoms with Gasteiger partial charge < -0.3 is 14.2 Å². The first-order valence-corrected chi connectivity index (χ1v) is 31.9. The van der Waals surface area contributed by atoms with E-state index >= 15 is 0 Å². The Balaban J connectivity index is 4.14. The molecule has 0 rings (SSSR count). The van der Waals surface area contributed by atoms with Crippen molar-refractivity contribution in [3.8, 4) is 0 Å². The fourth-order valence-electron chi connectivity index (χ4n) is 8.84. The highest BCUT2D eigenvalue weighted by atomic mass is 16.6. The quantitative estimate of drug-likeness (QED) is 0.0261. The van der Waals surface area contributed by atoms with E-state index in [2.05, 4.69) is 124 Å². The predicted octanol–water partition coefficient (Wildman–Crippen LogP) is 21.8. The molecule has 0 N–H and O–H groups in total. The van der Waals surface area contributed by atoms with E-state index in [1.165, 1.54) is 154 Å². The summed E-state index contributed by atoms with van der Waals surface area (Å²) in [5, 5.41) is 0. The Kier molecular flexibility index (Phi) is 60.3. The van der Waals surface area contributed by atoms with Crippen molar-refractivity contribution in [1.29, 1.82) is 0 Å². The van der Waals surface area contributed by atoms with E-state index in [0.29, 0.717) is 19.3 Å². The van der Waals surface area contributed by atoms with Gasteiger partial charge in [-0.3, -0.25) is 14.4 Å². The minimum absolute atomic E-state index is 0.103. The molecule has 1 unspecified atom stereocenters. The second-order valence-corrected chi connectivity index (χ2v) is 20.9. The van der Waals surface area contributed by atoms with E-state index in [9.17, 15) is 14.4 Å². The van der Waals surface area contributed by atoms with Crippen molar-refractivity contribution in [2.24, 2.45) is 0 Å². The minimum atomic E-state index is -0.813. The van der Waals surface area contributed by atoms with Gasteiger partial charge in [0.15, 0.2) is 6.10 Å². The Morgan fingerprint density at radius 1 is 0.276 bits per heavy atom. The molecule has 1 atom stereocenters. The molecule has 0 heterocycles. The van der Waals surface area contributed by atoms with E-state index in [1.54, 1.807) is 0 Å². The highest BCUT2D eigenvalue weighted by Crippen LogP contribution is 2.17. The lowest BCUT2D eigenvalue weighted by atomic mass is 10.0. The first kappa shape index (κ1) is 72.1. The summed E-state index contributed by atoms with van der Waals surface area (Å²) in [4.78, 5) is 38.1. The van der Waals surface area contributed by atoms with Gasteiger partial charge in [-0.15, -0.1) is 0 Å². The molecule has 0 aliphatic rings. The summed E-state index contributed by atoms with van der Waals surface area (Å²) in [7, 11) is 0. The molecule has 0 radical (unpaired) electrons. The van der Waals surface area contributed by atoms with Gasteiger partial charge in [0.25, 0.3) is 0 Å². The number of esters is 3. The smallest absolute Gasteiger partial charge is 0.306 e. The third-order valence-corrected chi connectivity index (χ3v) is 13.5. The maximum absolute atomic E-state index is 12.8. The molecule has 0 aromatic heterocycles. The van der Waals surface area contributed by atoms with Gasteiger partial charge in [-0.2, -0.15) is 0 Å². The normalized spacial score (nSPS) is 12.8. The van der Waals surface area contributed by atoms with Crippen molar-refractivity contribution in [2.75, 3.05) is 13.2 Å². The van der Waals surface area contributed by atoms with Crippen LogP contribution in [0.15, 0.2) is 109 Å². The maximum Gasteiger partial charge on any atom is 0.306 e. The summed E-state index contributed by atoms with van der Waals surface area (Å²) >= 11 is 0. The monoisotopic (exact) mass is 1050 g/mol. The van der Waals surface area contributed by atoms with Crippen LogP contribution in [0.5, 0.6) is 0 Å². The molecule has 0 saturated heterocycles.